The molecule has 2 aromatic heterocycles. The van der Waals surface area contributed by atoms with Gasteiger partial charge in [-0.05, 0) is 30.8 Å². The van der Waals surface area contributed by atoms with E-state index in [0.717, 1.165) is 11.4 Å². The van der Waals surface area contributed by atoms with Gasteiger partial charge in [0.25, 0.3) is 0 Å². The van der Waals surface area contributed by atoms with Crippen LogP contribution >= 0.6 is 12.2 Å². The molecule has 2 aromatic rings. The molecule has 0 aliphatic carbocycles. The van der Waals surface area contributed by atoms with Crippen LogP contribution < -0.4 is 4.74 Å². The Bertz CT molecular complexity index is 546. The molecule has 6 heteroatoms. The molecule has 0 bridgehead atoms. The van der Waals surface area contributed by atoms with Crippen LogP contribution in [0, 0.1) is 11.7 Å². The minimum absolute atomic E-state index is 0.602. The molecule has 84 valence electrons. The van der Waals surface area contributed by atoms with Crippen LogP contribution in [0.4, 0.5) is 0 Å². The van der Waals surface area contributed by atoms with Crippen LogP contribution in [0.3, 0.4) is 0 Å². The highest BCUT2D eigenvalue weighted by Gasteiger charge is 2.03. The van der Waals surface area contributed by atoms with Crippen LogP contribution in [0.5, 0.6) is 5.88 Å². The van der Waals surface area contributed by atoms with E-state index in [1.165, 1.54) is 0 Å². The predicted molar refractivity (Wildman–Crippen MR) is 62.0 cm³/mol. The van der Waals surface area contributed by atoms with Gasteiger partial charge in [0, 0.05) is 12.3 Å². The van der Waals surface area contributed by atoms with Crippen LogP contribution in [0.15, 0.2) is 18.3 Å². The Morgan fingerprint density at radius 3 is 3.00 bits per heavy atom. The third kappa shape index (κ3) is 2.11. The van der Waals surface area contributed by atoms with Gasteiger partial charge >= 0.3 is 0 Å². The molecule has 0 atom stereocenters. The first-order valence-corrected chi connectivity index (χ1v) is 5.22. The van der Waals surface area contributed by atoms with Crippen molar-refractivity contribution in [1.82, 2.24) is 19.7 Å². The summed E-state index contributed by atoms with van der Waals surface area (Å²) in [6.45, 7) is 2.57. The average molecular weight is 236 g/mol. The number of hydrogen-bond acceptors (Lipinski definition) is 4. The highest BCUT2D eigenvalue weighted by atomic mass is 32.1. The summed E-state index contributed by atoms with van der Waals surface area (Å²) in [6, 6.07) is 3.81. The van der Waals surface area contributed by atoms with Crippen molar-refractivity contribution >= 4 is 12.2 Å². The zero-order valence-corrected chi connectivity index (χ0v) is 9.91. The number of aryl methyl sites for hydroxylation is 1. The Labute approximate surface area is 98.1 Å². The van der Waals surface area contributed by atoms with Gasteiger partial charge in [-0.25, -0.2) is 4.98 Å². The molecule has 0 fully saturated rings. The largest absolute Gasteiger partial charge is 0.481 e. The van der Waals surface area contributed by atoms with Gasteiger partial charge in [-0.3, -0.25) is 9.67 Å². The Balaban J connectivity index is 2.30. The molecule has 16 heavy (non-hydrogen) atoms. The lowest BCUT2D eigenvalue weighted by Gasteiger charge is -2.05. The first-order chi connectivity index (χ1) is 7.70. The molecular formula is C10H12N4OS. The quantitative estimate of drug-likeness (QED) is 0.824. The molecule has 0 saturated heterocycles. The Morgan fingerprint density at radius 1 is 1.56 bits per heavy atom. The molecule has 5 nitrogen and oxygen atoms in total. The number of ether oxygens (including phenoxy) is 1. The number of aromatic nitrogens is 4. The van der Waals surface area contributed by atoms with E-state index in [1.54, 1.807) is 13.3 Å². The van der Waals surface area contributed by atoms with Crippen LogP contribution in [0.25, 0.3) is 0 Å². The molecule has 0 radical (unpaired) electrons. The third-order valence-electron chi connectivity index (χ3n) is 2.30. The lowest BCUT2D eigenvalue weighted by molar-refractivity contribution is 0.397. The van der Waals surface area contributed by atoms with Gasteiger partial charge < -0.3 is 4.74 Å². The minimum atomic E-state index is 0.602. The van der Waals surface area contributed by atoms with Crippen molar-refractivity contribution in [2.45, 2.75) is 13.5 Å². The number of H-pyrrole nitrogens is 1. The minimum Gasteiger partial charge on any atom is -0.481 e. The van der Waals surface area contributed by atoms with Gasteiger partial charge in [-0.2, -0.15) is 5.10 Å². The van der Waals surface area contributed by atoms with Crippen molar-refractivity contribution in [3.63, 3.8) is 0 Å². The highest BCUT2D eigenvalue weighted by Crippen LogP contribution is 2.10. The molecule has 0 aliphatic heterocycles. The van der Waals surface area contributed by atoms with E-state index >= 15 is 0 Å². The standard InChI is InChI=1S/C10H12N4OS/c1-7-12-13-10(16)14(7)6-8-3-4-11-9(5-8)15-2/h3-5H,6H2,1-2H3,(H,13,16). The fourth-order valence-electron chi connectivity index (χ4n) is 1.43. The number of nitrogens with zero attached hydrogens (tertiary/aromatic N) is 3. The maximum atomic E-state index is 5.13. The Kier molecular flexibility index (Phi) is 3.00. The van der Waals surface area contributed by atoms with Gasteiger partial charge in [0.2, 0.25) is 5.88 Å². The van der Waals surface area contributed by atoms with E-state index in [9.17, 15) is 0 Å². The molecule has 0 aromatic carbocycles. The second-order valence-corrected chi connectivity index (χ2v) is 3.76. The first kappa shape index (κ1) is 10.8. The van der Waals surface area contributed by atoms with Gasteiger partial charge in [0.1, 0.15) is 5.82 Å². The molecule has 1 N–H and O–H groups in total. The van der Waals surface area contributed by atoms with E-state index in [4.69, 9.17) is 17.0 Å². The number of nitrogens with one attached hydrogen (secondary N) is 1. The van der Waals surface area contributed by atoms with Crippen molar-refractivity contribution in [2.24, 2.45) is 0 Å². The summed E-state index contributed by atoms with van der Waals surface area (Å²) in [5.41, 5.74) is 1.08. The van der Waals surface area contributed by atoms with E-state index in [2.05, 4.69) is 15.2 Å². The van der Waals surface area contributed by atoms with Crippen LogP contribution in [0.2, 0.25) is 0 Å². The second-order valence-electron chi connectivity index (χ2n) is 3.37. The number of methoxy groups -OCH3 is 1. The molecule has 0 amide bonds. The SMILES string of the molecule is COc1cc(Cn2c(C)n[nH]c2=S)ccn1. The smallest absolute Gasteiger partial charge is 0.213 e. The highest BCUT2D eigenvalue weighted by molar-refractivity contribution is 7.71. The maximum Gasteiger partial charge on any atom is 0.213 e. The fraction of sp³-hybridized carbons (Fsp3) is 0.300. The van der Waals surface area contributed by atoms with Gasteiger partial charge in [-0.1, -0.05) is 0 Å². The van der Waals surface area contributed by atoms with Crippen LogP contribution in [-0.4, -0.2) is 26.9 Å². The normalized spacial score (nSPS) is 10.4. The second kappa shape index (κ2) is 4.44. The Hall–Kier alpha value is -1.69. The van der Waals surface area contributed by atoms with Gasteiger partial charge in [0.05, 0.1) is 13.7 Å². The van der Waals surface area contributed by atoms with E-state index in [1.807, 2.05) is 23.6 Å². The molecular weight excluding hydrogens is 224 g/mol. The lowest BCUT2D eigenvalue weighted by atomic mass is 10.2. The number of pyridine rings is 1. The summed E-state index contributed by atoms with van der Waals surface area (Å²) in [6.07, 6.45) is 1.72. The van der Waals surface area contributed by atoms with Crippen molar-refractivity contribution in [3.8, 4) is 5.88 Å². The zero-order chi connectivity index (χ0) is 11.5. The van der Waals surface area contributed by atoms with Gasteiger partial charge in [-0.15, -0.1) is 0 Å². The summed E-state index contributed by atoms with van der Waals surface area (Å²) in [4.78, 5) is 4.05. The molecule has 0 spiro atoms. The lowest BCUT2D eigenvalue weighted by Crippen LogP contribution is -2.02. The summed E-state index contributed by atoms with van der Waals surface area (Å²) < 4.78 is 7.60. The summed E-state index contributed by atoms with van der Waals surface area (Å²) in [7, 11) is 1.60. The molecule has 2 rings (SSSR count). The van der Waals surface area contributed by atoms with Crippen molar-refractivity contribution < 1.29 is 4.74 Å². The first-order valence-electron chi connectivity index (χ1n) is 4.81. The van der Waals surface area contributed by atoms with E-state index < -0.39 is 0 Å². The topological polar surface area (TPSA) is 55.7 Å². The van der Waals surface area contributed by atoms with Crippen molar-refractivity contribution in [1.29, 1.82) is 0 Å². The maximum absolute atomic E-state index is 5.13. The Morgan fingerprint density at radius 2 is 2.38 bits per heavy atom. The molecule has 0 aliphatic rings. The van der Waals surface area contributed by atoms with Gasteiger partial charge in [0.15, 0.2) is 4.77 Å². The summed E-state index contributed by atoms with van der Waals surface area (Å²) in [5, 5.41) is 6.81. The monoisotopic (exact) mass is 236 g/mol. The van der Waals surface area contributed by atoms with Crippen LogP contribution in [-0.2, 0) is 6.54 Å². The summed E-state index contributed by atoms with van der Waals surface area (Å²) in [5.74, 6) is 1.46. The van der Waals surface area contributed by atoms with E-state index in [0.29, 0.717) is 17.2 Å². The van der Waals surface area contributed by atoms with Crippen molar-refractivity contribution in [3.05, 3.63) is 34.5 Å². The molecule has 2 heterocycles. The van der Waals surface area contributed by atoms with Crippen LogP contribution in [0.1, 0.15) is 11.4 Å². The predicted octanol–water partition coefficient (Wildman–Crippen LogP) is 1.70. The zero-order valence-electron chi connectivity index (χ0n) is 9.10. The number of rotatable bonds is 3. The molecule has 0 saturated carbocycles. The number of aromatic amines is 1. The third-order valence-corrected chi connectivity index (χ3v) is 2.61. The molecule has 0 unspecified atom stereocenters. The number of hydrogen-bond donors (Lipinski definition) is 1. The summed E-state index contributed by atoms with van der Waals surface area (Å²) >= 11 is 5.13. The van der Waals surface area contributed by atoms with E-state index in [-0.39, 0.29) is 0 Å². The fourth-order valence-corrected chi connectivity index (χ4v) is 1.67. The van der Waals surface area contributed by atoms with Crippen molar-refractivity contribution in [2.75, 3.05) is 7.11 Å². The average Bonchev–Trinajstić information content (AvgIpc) is 2.61.